The van der Waals surface area contributed by atoms with E-state index in [-0.39, 0.29) is 24.3 Å². The van der Waals surface area contributed by atoms with Gasteiger partial charge in [-0.15, -0.1) is 0 Å². The van der Waals surface area contributed by atoms with Crippen LogP contribution in [-0.4, -0.2) is 49.4 Å². The Hall–Kier alpha value is -2.00. The second-order valence-electron chi connectivity index (χ2n) is 5.51. The highest BCUT2D eigenvalue weighted by atomic mass is 32.2. The van der Waals surface area contributed by atoms with Crippen molar-refractivity contribution in [2.24, 2.45) is 0 Å². The van der Waals surface area contributed by atoms with Crippen LogP contribution in [0.1, 0.15) is 33.1 Å². The van der Waals surface area contributed by atoms with Crippen LogP contribution in [-0.2, 0) is 19.6 Å². The molecule has 1 atom stereocenters. The van der Waals surface area contributed by atoms with Crippen LogP contribution in [0.15, 0.2) is 29.2 Å². The van der Waals surface area contributed by atoms with Gasteiger partial charge in [0, 0.05) is 13.1 Å². The largest absolute Gasteiger partial charge is 0.481 e. The number of carboxylic acids is 1. The standard InChI is InChI=1S/C16H23FN2O5S/c1-3-10-19(11-9-15(20)21)16(22)14(4-2)18-25(23,24)13-7-5-12(17)6-8-13/h5-8,14,18H,3-4,9-11H2,1-2H3,(H,20,21). The monoisotopic (exact) mass is 374 g/mol. The molecule has 0 fully saturated rings. The molecular weight excluding hydrogens is 351 g/mol. The van der Waals surface area contributed by atoms with Crippen LogP contribution in [0, 0.1) is 5.82 Å². The van der Waals surface area contributed by atoms with Crippen molar-refractivity contribution >= 4 is 21.9 Å². The maximum absolute atomic E-state index is 12.9. The fourth-order valence-corrected chi connectivity index (χ4v) is 3.50. The Kier molecular flexibility index (Phi) is 7.98. The number of sulfonamides is 1. The molecule has 0 heterocycles. The SMILES string of the molecule is CCCN(CCC(=O)O)C(=O)C(CC)NS(=O)(=O)c1ccc(F)cc1. The van der Waals surface area contributed by atoms with Crippen molar-refractivity contribution in [2.75, 3.05) is 13.1 Å². The van der Waals surface area contributed by atoms with E-state index < -0.39 is 33.8 Å². The van der Waals surface area contributed by atoms with Crippen LogP contribution < -0.4 is 4.72 Å². The summed E-state index contributed by atoms with van der Waals surface area (Å²) in [5.74, 6) is -2.07. The highest BCUT2D eigenvalue weighted by Gasteiger charge is 2.28. The highest BCUT2D eigenvalue weighted by molar-refractivity contribution is 7.89. The lowest BCUT2D eigenvalue weighted by atomic mass is 10.2. The van der Waals surface area contributed by atoms with Crippen LogP contribution in [0.2, 0.25) is 0 Å². The van der Waals surface area contributed by atoms with Gasteiger partial charge >= 0.3 is 5.97 Å². The van der Waals surface area contributed by atoms with Gasteiger partial charge in [0.05, 0.1) is 11.3 Å². The molecule has 0 bridgehead atoms. The van der Waals surface area contributed by atoms with Gasteiger partial charge in [-0.1, -0.05) is 13.8 Å². The first kappa shape index (κ1) is 21.0. The third kappa shape index (κ3) is 6.43. The summed E-state index contributed by atoms with van der Waals surface area (Å²) in [4.78, 5) is 24.5. The van der Waals surface area contributed by atoms with Gasteiger partial charge in [-0.3, -0.25) is 9.59 Å². The molecule has 0 radical (unpaired) electrons. The second kappa shape index (κ2) is 9.47. The Labute approximate surface area is 146 Å². The summed E-state index contributed by atoms with van der Waals surface area (Å²) in [6.07, 6.45) is 0.603. The predicted molar refractivity (Wildman–Crippen MR) is 89.9 cm³/mol. The molecule has 0 aliphatic heterocycles. The zero-order valence-electron chi connectivity index (χ0n) is 14.2. The Balaban J connectivity index is 2.92. The molecule has 1 aromatic rings. The lowest BCUT2D eigenvalue weighted by molar-refractivity contribution is -0.139. The molecule has 0 saturated heterocycles. The van der Waals surface area contributed by atoms with Crippen molar-refractivity contribution in [2.45, 2.75) is 44.0 Å². The van der Waals surface area contributed by atoms with E-state index in [1.807, 2.05) is 6.92 Å². The second-order valence-corrected chi connectivity index (χ2v) is 7.22. The predicted octanol–water partition coefficient (Wildman–Crippen LogP) is 1.60. The fourth-order valence-electron chi connectivity index (χ4n) is 2.23. The minimum atomic E-state index is -3.99. The van der Waals surface area contributed by atoms with Gasteiger partial charge in [-0.2, -0.15) is 4.72 Å². The number of carbonyl (C=O) groups excluding carboxylic acids is 1. The van der Waals surface area contributed by atoms with Gasteiger partial charge in [-0.25, -0.2) is 12.8 Å². The van der Waals surface area contributed by atoms with Crippen molar-refractivity contribution in [3.05, 3.63) is 30.1 Å². The summed E-state index contributed by atoms with van der Waals surface area (Å²) >= 11 is 0. The number of nitrogens with zero attached hydrogens (tertiary/aromatic N) is 1. The molecule has 25 heavy (non-hydrogen) atoms. The van der Waals surface area contributed by atoms with E-state index in [0.717, 1.165) is 24.3 Å². The van der Waals surface area contributed by atoms with Crippen LogP contribution in [0.25, 0.3) is 0 Å². The van der Waals surface area contributed by atoms with E-state index in [4.69, 9.17) is 5.11 Å². The third-order valence-corrected chi connectivity index (χ3v) is 5.02. The van der Waals surface area contributed by atoms with Gasteiger partial charge in [0.15, 0.2) is 0 Å². The van der Waals surface area contributed by atoms with Gasteiger partial charge in [0.1, 0.15) is 11.9 Å². The Morgan fingerprint density at radius 3 is 2.28 bits per heavy atom. The number of nitrogens with one attached hydrogen (secondary N) is 1. The molecule has 1 aromatic carbocycles. The maximum Gasteiger partial charge on any atom is 0.305 e. The molecule has 1 rings (SSSR count). The summed E-state index contributed by atoms with van der Waals surface area (Å²) in [5, 5.41) is 8.79. The maximum atomic E-state index is 12.9. The number of aliphatic carboxylic acids is 1. The van der Waals surface area contributed by atoms with Crippen LogP contribution in [0.5, 0.6) is 0 Å². The van der Waals surface area contributed by atoms with E-state index in [0.29, 0.717) is 13.0 Å². The Morgan fingerprint density at radius 2 is 1.80 bits per heavy atom. The number of benzene rings is 1. The molecule has 9 heteroatoms. The van der Waals surface area contributed by atoms with Gasteiger partial charge < -0.3 is 10.0 Å². The van der Waals surface area contributed by atoms with Crippen molar-refractivity contribution in [3.8, 4) is 0 Å². The molecule has 1 unspecified atom stereocenters. The van der Waals surface area contributed by atoms with Crippen molar-refractivity contribution in [3.63, 3.8) is 0 Å². The number of amides is 1. The highest BCUT2D eigenvalue weighted by Crippen LogP contribution is 2.12. The quantitative estimate of drug-likeness (QED) is 0.647. The summed E-state index contributed by atoms with van der Waals surface area (Å²) in [5.41, 5.74) is 0. The molecule has 0 aromatic heterocycles. The molecule has 2 N–H and O–H groups in total. The average Bonchev–Trinajstić information content (AvgIpc) is 2.56. The summed E-state index contributed by atoms with van der Waals surface area (Å²) in [6, 6.07) is 3.25. The normalized spacial score (nSPS) is 12.6. The van der Waals surface area contributed by atoms with E-state index >= 15 is 0 Å². The number of hydrogen-bond acceptors (Lipinski definition) is 4. The fraction of sp³-hybridized carbons (Fsp3) is 0.500. The summed E-state index contributed by atoms with van der Waals surface area (Å²) in [7, 11) is -3.99. The Bertz CT molecular complexity index is 691. The van der Waals surface area contributed by atoms with Crippen LogP contribution in [0.3, 0.4) is 0 Å². The molecule has 7 nitrogen and oxygen atoms in total. The molecular formula is C16H23FN2O5S. The summed E-state index contributed by atoms with van der Waals surface area (Å²) < 4.78 is 40.0. The van der Waals surface area contributed by atoms with Crippen LogP contribution in [0.4, 0.5) is 4.39 Å². The van der Waals surface area contributed by atoms with E-state index in [1.54, 1.807) is 6.92 Å². The lowest BCUT2D eigenvalue weighted by Gasteiger charge is -2.26. The summed E-state index contributed by atoms with van der Waals surface area (Å²) in [6.45, 7) is 3.83. The molecule has 140 valence electrons. The van der Waals surface area contributed by atoms with Crippen LogP contribution >= 0.6 is 0 Å². The van der Waals surface area contributed by atoms with Gasteiger partial charge in [0.25, 0.3) is 0 Å². The molecule has 0 saturated carbocycles. The van der Waals surface area contributed by atoms with Crippen molar-refractivity contribution < 1.29 is 27.5 Å². The zero-order valence-corrected chi connectivity index (χ0v) is 15.1. The third-order valence-electron chi connectivity index (χ3n) is 3.53. The van der Waals surface area contributed by atoms with E-state index in [1.165, 1.54) is 4.90 Å². The first-order chi connectivity index (χ1) is 11.7. The molecule has 0 aliphatic rings. The van der Waals surface area contributed by atoms with E-state index in [2.05, 4.69) is 4.72 Å². The molecule has 0 spiro atoms. The van der Waals surface area contributed by atoms with Gasteiger partial charge in [0.2, 0.25) is 15.9 Å². The smallest absolute Gasteiger partial charge is 0.305 e. The molecule has 0 aliphatic carbocycles. The number of carbonyl (C=O) groups is 2. The molecule has 1 amide bonds. The van der Waals surface area contributed by atoms with E-state index in [9.17, 15) is 22.4 Å². The minimum Gasteiger partial charge on any atom is -0.481 e. The number of hydrogen-bond donors (Lipinski definition) is 2. The lowest BCUT2D eigenvalue weighted by Crippen LogP contribution is -2.49. The van der Waals surface area contributed by atoms with Crippen molar-refractivity contribution in [1.29, 1.82) is 0 Å². The van der Waals surface area contributed by atoms with Gasteiger partial charge in [-0.05, 0) is 37.1 Å². The Morgan fingerprint density at radius 1 is 1.20 bits per heavy atom. The number of halogens is 1. The topological polar surface area (TPSA) is 104 Å². The average molecular weight is 374 g/mol. The van der Waals surface area contributed by atoms with Crippen molar-refractivity contribution in [1.82, 2.24) is 9.62 Å². The minimum absolute atomic E-state index is 0.0107. The first-order valence-corrected chi connectivity index (χ1v) is 9.48. The number of rotatable bonds is 10. The first-order valence-electron chi connectivity index (χ1n) is 7.99. The number of carboxylic acid groups (broad SMARTS) is 1. The zero-order chi connectivity index (χ0) is 19.0.